The van der Waals surface area contributed by atoms with Crippen LogP contribution in [0.2, 0.25) is 5.02 Å². The molecule has 122 valence electrons. The van der Waals surface area contributed by atoms with Gasteiger partial charge in [0.25, 0.3) is 5.91 Å². The van der Waals surface area contributed by atoms with Crippen molar-refractivity contribution in [1.29, 1.82) is 0 Å². The highest BCUT2D eigenvalue weighted by Gasteiger charge is 2.28. The lowest BCUT2D eigenvalue weighted by atomic mass is 10.1. The molecule has 0 atom stereocenters. The zero-order valence-electron chi connectivity index (χ0n) is 13.5. The molecule has 1 aliphatic heterocycles. The minimum absolute atomic E-state index is 0.166. The maximum atomic E-state index is 12.7. The van der Waals surface area contributed by atoms with E-state index in [-0.39, 0.29) is 5.91 Å². The summed E-state index contributed by atoms with van der Waals surface area (Å²) in [5, 5.41) is 6.37. The van der Waals surface area contributed by atoms with E-state index >= 15 is 0 Å². The molecule has 0 radical (unpaired) electrons. The van der Waals surface area contributed by atoms with Gasteiger partial charge in [-0.05, 0) is 50.3 Å². The topological polar surface area (TPSA) is 41.9 Å². The van der Waals surface area contributed by atoms with Crippen LogP contribution >= 0.6 is 11.6 Å². The summed E-state index contributed by atoms with van der Waals surface area (Å²) in [6, 6.07) is 14.7. The summed E-state index contributed by atoms with van der Waals surface area (Å²) in [4.78, 5) is 12.7. The van der Waals surface area contributed by atoms with Gasteiger partial charge < -0.3 is 4.74 Å². The number of amides is 1. The molecule has 1 heterocycles. The summed E-state index contributed by atoms with van der Waals surface area (Å²) in [7, 11) is 0. The third-order valence-corrected chi connectivity index (χ3v) is 3.87. The number of carbonyl (C=O) groups excluding carboxylic acids is 1. The fraction of sp³-hybridized carbons (Fsp3) is 0.158. The summed E-state index contributed by atoms with van der Waals surface area (Å²) < 4.78 is 5.62. The van der Waals surface area contributed by atoms with E-state index in [0.717, 1.165) is 11.3 Å². The van der Waals surface area contributed by atoms with Crippen LogP contribution in [-0.2, 0) is 4.79 Å². The predicted molar refractivity (Wildman–Crippen MR) is 97.6 cm³/mol. The van der Waals surface area contributed by atoms with Crippen LogP contribution in [0, 0.1) is 0 Å². The number of halogens is 1. The van der Waals surface area contributed by atoms with Gasteiger partial charge >= 0.3 is 0 Å². The van der Waals surface area contributed by atoms with E-state index < -0.39 is 0 Å². The van der Waals surface area contributed by atoms with Gasteiger partial charge in [0, 0.05) is 10.6 Å². The van der Waals surface area contributed by atoms with Crippen molar-refractivity contribution < 1.29 is 9.53 Å². The van der Waals surface area contributed by atoms with Crippen LogP contribution in [0.4, 0.5) is 5.69 Å². The van der Waals surface area contributed by atoms with Crippen molar-refractivity contribution in [3.8, 4) is 5.75 Å². The lowest BCUT2D eigenvalue weighted by molar-refractivity contribution is -0.114. The summed E-state index contributed by atoms with van der Waals surface area (Å²) in [6.45, 7) is 4.27. The predicted octanol–water partition coefficient (Wildman–Crippen LogP) is 4.54. The van der Waals surface area contributed by atoms with Crippen LogP contribution < -0.4 is 9.75 Å². The number of rotatable bonds is 4. The molecular weight excluding hydrogens is 324 g/mol. The molecule has 0 spiro atoms. The monoisotopic (exact) mass is 340 g/mol. The molecule has 0 aromatic heterocycles. The second-order valence-corrected chi connectivity index (χ2v) is 5.75. The van der Waals surface area contributed by atoms with Gasteiger partial charge in [-0.3, -0.25) is 4.79 Å². The molecule has 4 nitrogen and oxygen atoms in total. The first kappa shape index (κ1) is 16.3. The molecule has 0 saturated heterocycles. The second-order valence-electron chi connectivity index (χ2n) is 5.31. The average molecular weight is 341 g/mol. The molecule has 0 bridgehead atoms. The summed E-state index contributed by atoms with van der Waals surface area (Å²) >= 11 is 6.09. The van der Waals surface area contributed by atoms with Crippen molar-refractivity contribution in [3.63, 3.8) is 0 Å². The molecule has 5 heteroatoms. The van der Waals surface area contributed by atoms with Crippen LogP contribution in [0.1, 0.15) is 19.4 Å². The smallest absolute Gasteiger partial charge is 0.280 e. The Bertz CT molecular complexity index is 829. The number of carbonyl (C=O) groups is 1. The van der Waals surface area contributed by atoms with Crippen molar-refractivity contribution >= 4 is 35.0 Å². The largest absolute Gasteiger partial charge is 0.493 e. The standard InChI is InChI=1S/C19H17ClN2O2/c1-3-24-18-10-9-15(20)11-14(18)12-17-13(2)21-22(19(17)23)16-7-5-4-6-8-16/h4-12H,3H2,1-2H3/b17-12+. The van der Waals surface area contributed by atoms with Crippen LogP contribution in [0.5, 0.6) is 5.75 Å². The van der Waals surface area contributed by atoms with E-state index in [4.69, 9.17) is 16.3 Å². The third kappa shape index (κ3) is 3.19. The lowest BCUT2D eigenvalue weighted by Gasteiger charge is -2.11. The van der Waals surface area contributed by atoms with Crippen molar-refractivity contribution in [2.45, 2.75) is 13.8 Å². The molecule has 2 aromatic carbocycles. The Morgan fingerprint density at radius 1 is 1.21 bits per heavy atom. The zero-order chi connectivity index (χ0) is 17.1. The number of hydrogen-bond donors (Lipinski definition) is 0. The Morgan fingerprint density at radius 2 is 1.96 bits per heavy atom. The Labute approximate surface area is 146 Å². The number of para-hydroxylation sites is 1. The van der Waals surface area contributed by atoms with Gasteiger partial charge in [-0.15, -0.1) is 0 Å². The Balaban J connectivity index is 1.99. The highest BCUT2D eigenvalue weighted by atomic mass is 35.5. The number of benzene rings is 2. The van der Waals surface area contributed by atoms with Crippen LogP contribution in [0.15, 0.2) is 59.2 Å². The van der Waals surface area contributed by atoms with Crippen LogP contribution in [0.3, 0.4) is 0 Å². The molecule has 1 aliphatic rings. The van der Waals surface area contributed by atoms with Gasteiger partial charge in [-0.2, -0.15) is 10.1 Å². The maximum absolute atomic E-state index is 12.7. The molecule has 0 N–H and O–H groups in total. The normalized spacial score (nSPS) is 15.8. The number of nitrogens with zero attached hydrogens (tertiary/aromatic N) is 2. The molecule has 2 aromatic rings. The van der Waals surface area contributed by atoms with Crippen molar-refractivity contribution in [2.75, 3.05) is 11.6 Å². The van der Waals surface area contributed by atoms with Crippen molar-refractivity contribution in [3.05, 3.63) is 64.7 Å². The highest BCUT2D eigenvalue weighted by Crippen LogP contribution is 2.29. The van der Waals surface area contributed by atoms with E-state index in [0.29, 0.717) is 28.7 Å². The first-order valence-corrected chi connectivity index (χ1v) is 8.07. The number of hydrogen-bond acceptors (Lipinski definition) is 3. The Kier molecular flexibility index (Phi) is 4.67. The second kappa shape index (κ2) is 6.89. The van der Waals surface area contributed by atoms with Gasteiger partial charge in [-0.1, -0.05) is 29.8 Å². The molecule has 0 unspecified atom stereocenters. The fourth-order valence-electron chi connectivity index (χ4n) is 2.50. The van der Waals surface area contributed by atoms with Gasteiger partial charge in [0.05, 0.1) is 23.6 Å². The van der Waals surface area contributed by atoms with E-state index in [2.05, 4.69) is 5.10 Å². The fourth-order valence-corrected chi connectivity index (χ4v) is 2.68. The van der Waals surface area contributed by atoms with E-state index in [1.807, 2.05) is 44.2 Å². The maximum Gasteiger partial charge on any atom is 0.280 e. The quantitative estimate of drug-likeness (QED) is 0.766. The van der Waals surface area contributed by atoms with Gasteiger partial charge in [0.1, 0.15) is 5.75 Å². The minimum atomic E-state index is -0.166. The Hall–Kier alpha value is -2.59. The van der Waals surface area contributed by atoms with Crippen molar-refractivity contribution in [2.24, 2.45) is 5.10 Å². The molecule has 0 saturated carbocycles. The minimum Gasteiger partial charge on any atom is -0.493 e. The molecule has 0 fully saturated rings. The SMILES string of the molecule is CCOc1ccc(Cl)cc1/C=C1/C(=O)N(c2ccccc2)N=C1C. The van der Waals surface area contributed by atoms with Gasteiger partial charge in [-0.25, -0.2) is 0 Å². The number of anilines is 1. The molecule has 24 heavy (non-hydrogen) atoms. The van der Waals surface area contributed by atoms with Gasteiger partial charge in [0.15, 0.2) is 0 Å². The first-order valence-electron chi connectivity index (χ1n) is 7.69. The number of ether oxygens (including phenoxy) is 1. The van der Waals surface area contributed by atoms with E-state index in [1.165, 1.54) is 5.01 Å². The third-order valence-electron chi connectivity index (χ3n) is 3.63. The van der Waals surface area contributed by atoms with E-state index in [9.17, 15) is 4.79 Å². The van der Waals surface area contributed by atoms with E-state index in [1.54, 1.807) is 24.3 Å². The zero-order valence-corrected chi connectivity index (χ0v) is 14.2. The highest BCUT2D eigenvalue weighted by molar-refractivity contribution is 6.33. The van der Waals surface area contributed by atoms with Crippen LogP contribution in [-0.4, -0.2) is 18.2 Å². The molecular formula is C19H17ClN2O2. The summed E-state index contributed by atoms with van der Waals surface area (Å²) in [5.74, 6) is 0.522. The molecule has 3 rings (SSSR count). The van der Waals surface area contributed by atoms with Crippen LogP contribution in [0.25, 0.3) is 6.08 Å². The summed E-state index contributed by atoms with van der Waals surface area (Å²) in [6.07, 6.45) is 1.78. The molecule has 1 amide bonds. The number of hydrazone groups is 1. The summed E-state index contributed by atoms with van der Waals surface area (Å²) in [5.41, 5.74) is 2.69. The first-order chi connectivity index (χ1) is 11.6. The average Bonchev–Trinajstić information content (AvgIpc) is 2.86. The molecule has 0 aliphatic carbocycles. The lowest BCUT2D eigenvalue weighted by Crippen LogP contribution is -2.21. The van der Waals surface area contributed by atoms with Gasteiger partial charge in [0.2, 0.25) is 0 Å². The Morgan fingerprint density at radius 3 is 2.67 bits per heavy atom. The van der Waals surface area contributed by atoms with Crippen molar-refractivity contribution in [1.82, 2.24) is 0 Å².